The summed E-state index contributed by atoms with van der Waals surface area (Å²) >= 11 is 13.6. The summed E-state index contributed by atoms with van der Waals surface area (Å²) in [6.45, 7) is 3.87. The summed E-state index contributed by atoms with van der Waals surface area (Å²) in [6.07, 6.45) is 0.290. The van der Waals surface area contributed by atoms with Gasteiger partial charge in [-0.05, 0) is 42.0 Å². The second-order valence-corrected chi connectivity index (χ2v) is 5.92. The summed E-state index contributed by atoms with van der Waals surface area (Å²) in [6, 6.07) is 5.71. The van der Waals surface area contributed by atoms with Gasteiger partial charge in [0.25, 0.3) is 0 Å². The van der Waals surface area contributed by atoms with Gasteiger partial charge in [-0.1, -0.05) is 35.3 Å². The maximum atomic E-state index is 12.2. The van der Waals surface area contributed by atoms with Crippen molar-refractivity contribution in [3.05, 3.63) is 55.2 Å². The molecule has 0 bridgehead atoms. The maximum Gasteiger partial charge on any atom is 0.178 e. The van der Waals surface area contributed by atoms with Crippen LogP contribution < -0.4 is 0 Å². The van der Waals surface area contributed by atoms with Gasteiger partial charge in [-0.2, -0.15) is 0 Å². The summed E-state index contributed by atoms with van der Waals surface area (Å²) in [5, 5.41) is 3.09. The van der Waals surface area contributed by atoms with Gasteiger partial charge in [0.1, 0.15) is 0 Å². The van der Waals surface area contributed by atoms with E-state index < -0.39 is 0 Å². The molecule has 0 spiro atoms. The van der Waals surface area contributed by atoms with E-state index in [1.165, 1.54) is 11.3 Å². The molecule has 2 rings (SSSR count). The number of ketones is 1. The fraction of sp³-hybridized carbons (Fsp3) is 0.214. The van der Waals surface area contributed by atoms with Crippen LogP contribution in [0.1, 0.15) is 26.4 Å². The molecule has 1 aromatic heterocycles. The third-order valence-electron chi connectivity index (χ3n) is 2.71. The SMILES string of the molecule is Cc1ccc(CC(=O)c2scc(C)c2Cl)c(Cl)c1. The largest absolute Gasteiger partial charge is 0.293 e. The summed E-state index contributed by atoms with van der Waals surface area (Å²) in [5.74, 6) is 0.0175. The minimum Gasteiger partial charge on any atom is -0.293 e. The number of halogens is 2. The Morgan fingerprint density at radius 1 is 1.28 bits per heavy atom. The van der Waals surface area contributed by atoms with Gasteiger partial charge in [0.15, 0.2) is 5.78 Å². The molecule has 0 fully saturated rings. The van der Waals surface area contributed by atoms with E-state index in [-0.39, 0.29) is 5.78 Å². The number of carbonyl (C=O) groups is 1. The fourth-order valence-corrected chi connectivity index (χ4v) is 3.21. The van der Waals surface area contributed by atoms with E-state index in [0.29, 0.717) is 21.3 Å². The molecule has 1 aromatic carbocycles. The molecule has 0 aliphatic carbocycles. The van der Waals surface area contributed by atoms with Gasteiger partial charge >= 0.3 is 0 Å². The Morgan fingerprint density at radius 3 is 2.56 bits per heavy atom. The van der Waals surface area contributed by atoms with Gasteiger partial charge < -0.3 is 0 Å². The number of Topliss-reactive ketones (excluding diaryl/α,β-unsaturated/α-hetero) is 1. The molecule has 0 unspecified atom stereocenters. The highest BCUT2D eigenvalue weighted by Gasteiger charge is 2.16. The van der Waals surface area contributed by atoms with Crippen molar-refractivity contribution >= 4 is 40.3 Å². The number of hydrogen-bond donors (Lipinski definition) is 0. The van der Waals surface area contributed by atoms with Crippen LogP contribution in [0.15, 0.2) is 23.6 Å². The van der Waals surface area contributed by atoms with E-state index in [9.17, 15) is 4.79 Å². The van der Waals surface area contributed by atoms with Gasteiger partial charge in [-0.15, -0.1) is 11.3 Å². The first kappa shape index (κ1) is 13.6. The van der Waals surface area contributed by atoms with E-state index in [1.807, 2.05) is 37.4 Å². The van der Waals surface area contributed by atoms with E-state index in [4.69, 9.17) is 23.2 Å². The third-order valence-corrected chi connectivity index (χ3v) is 4.80. The molecule has 1 nitrogen and oxygen atoms in total. The van der Waals surface area contributed by atoms with Crippen LogP contribution in [0.25, 0.3) is 0 Å². The van der Waals surface area contributed by atoms with Crippen molar-refractivity contribution in [3.63, 3.8) is 0 Å². The van der Waals surface area contributed by atoms with Gasteiger partial charge in [-0.3, -0.25) is 4.79 Å². The molecular formula is C14H12Cl2OS. The Kier molecular flexibility index (Phi) is 4.10. The van der Waals surface area contributed by atoms with Gasteiger partial charge in [0, 0.05) is 11.4 Å². The van der Waals surface area contributed by atoms with Crippen molar-refractivity contribution in [2.24, 2.45) is 0 Å². The topological polar surface area (TPSA) is 17.1 Å². The molecule has 4 heteroatoms. The second kappa shape index (κ2) is 5.43. The molecule has 0 atom stereocenters. The minimum atomic E-state index is 0.0175. The maximum absolute atomic E-state index is 12.2. The van der Waals surface area contributed by atoms with Crippen LogP contribution in [0.5, 0.6) is 0 Å². The van der Waals surface area contributed by atoms with Crippen LogP contribution in [0.4, 0.5) is 0 Å². The third kappa shape index (κ3) is 2.77. The molecular weight excluding hydrogens is 287 g/mol. The van der Waals surface area contributed by atoms with Crippen molar-refractivity contribution in [3.8, 4) is 0 Å². The summed E-state index contributed by atoms with van der Waals surface area (Å²) < 4.78 is 0. The molecule has 0 aliphatic rings. The predicted molar refractivity (Wildman–Crippen MR) is 78.3 cm³/mol. The smallest absolute Gasteiger partial charge is 0.178 e. The predicted octanol–water partition coefficient (Wildman–Crippen LogP) is 5.10. The molecule has 0 radical (unpaired) electrons. The Labute approximate surface area is 120 Å². The Morgan fingerprint density at radius 2 is 2.00 bits per heavy atom. The lowest BCUT2D eigenvalue weighted by Gasteiger charge is -2.04. The zero-order valence-corrected chi connectivity index (χ0v) is 12.4. The normalized spacial score (nSPS) is 10.7. The molecule has 0 saturated heterocycles. The first-order valence-electron chi connectivity index (χ1n) is 5.51. The van der Waals surface area contributed by atoms with E-state index >= 15 is 0 Å². The highest BCUT2D eigenvalue weighted by atomic mass is 35.5. The number of rotatable bonds is 3. The van der Waals surface area contributed by atoms with Crippen LogP contribution in [-0.4, -0.2) is 5.78 Å². The van der Waals surface area contributed by atoms with Gasteiger partial charge in [0.2, 0.25) is 0 Å². The minimum absolute atomic E-state index is 0.0175. The molecule has 94 valence electrons. The second-order valence-electron chi connectivity index (χ2n) is 4.26. The zero-order chi connectivity index (χ0) is 13.3. The average Bonchev–Trinajstić information content (AvgIpc) is 2.64. The zero-order valence-electron chi connectivity index (χ0n) is 10.1. The van der Waals surface area contributed by atoms with Crippen molar-refractivity contribution in [1.82, 2.24) is 0 Å². The number of hydrogen-bond acceptors (Lipinski definition) is 2. The van der Waals surface area contributed by atoms with Crippen LogP contribution in [0, 0.1) is 13.8 Å². The van der Waals surface area contributed by atoms with Crippen molar-refractivity contribution < 1.29 is 4.79 Å². The number of thiophene rings is 1. The van der Waals surface area contributed by atoms with E-state index in [1.54, 1.807) is 0 Å². The summed E-state index contributed by atoms with van der Waals surface area (Å²) in [7, 11) is 0. The Hall–Kier alpha value is -0.830. The number of aryl methyl sites for hydroxylation is 2. The number of benzene rings is 1. The van der Waals surface area contributed by atoms with Crippen molar-refractivity contribution in [1.29, 1.82) is 0 Å². The summed E-state index contributed by atoms with van der Waals surface area (Å²) in [5.41, 5.74) is 2.87. The first-order chi connectivity index (χ1) is 8.49. The molecule has 0 amide bonds. The lowest BCUT2D eigenvalue weighted by Crippen LogP contribution is -2.02. The highest BCUT2D eigenvalue weighted by molar-refractivity contribution is 7.13. The van der Waals surface area contributed by atoms with Crippen LogP contribution in [0.3, 0.4) is 0 Å². The Bertz CT molecular complexity index is 602. The quantitative estimate of drug-likeness (QED) is 0.721. The molecule has 2 aromatic rings. The van der Waals surface area contributed by atoms with Crippen LogP contribution in [0.2, 0.25) is 10.0 Å². The lowest BCUT2D eigenvalue weighted by atomic mass is 10.1. The first-order valence-corrected chi connectivity index (χ1v) is 7.14. The lowest BCUT2D eigenvalue weighted by molar-refractivity contribution is 0.0997. The monoisotopic (exact) mass is 298 g/mol. The van der Waals surface area contributed by atoms with Gasteiger partial charge in [0.05, 0.1) is 9.90 Å². The highest BCUT2D eigenvalue weighted by Crippen LogP contribution is 2.29. The standard InChI is InChI=1S/C14H12Cl2OS/c1-8-3-4-10(11(15)5-8)6-12(17)14-13(16)9(2)7-18-14/h3-5,7H,6H2,1-2H3. The fourth-order valence-electron chi connectivity index (χ4n) is 1.67. The average molecular weight is 299 g/mol. The Balaban J connectivity index is 2.24. The molecule has 1 heterocycles. The van der Waals surface area contributed by atoms with E-state index in [0.717, 1.165) is 16.7 Å². The van der Waals surface area contributed by atoms with Crippen molar-refractivity contribution in [2.75, 3.05) is 0 Å². The number of carbonyl (C=O) groups excluding carboxylic acids is 1. The van der Waals surface area contributed by atoms with E-state index in [2.05, 4.69) is 0 Å². The molecule has 0 aliphatic heterocycles. The van der Waals surface area contributed by atoms with Crippen LogP contribution >= 0.6 is 34.5 Å². The van der Waals surface area contributed by atoms with Crippen LogP contribution in [-0.2, 0) is 6.42 Å². The summed E-state index contributed by atoms with van der Waals surface area (Å²) in [4.78, 5) is 12.8. The molecule has 0 N–H and O–H groups in total. The van der Waals surface area contributed by atoms with Crippen molar-refractivity contribution in [2.45, 2.75) is 20.3 Å². The molecule has 0 saturated carbocycles. The van der Waals surface area contributed by atoms with Gasteiger partial charge in [-0.25, -0.2) is 0 Å². The molecule has 18 heavy (non-hydrogen) atoms.